The van der Waals surface area contributed by atoms with E-state index in [4.69, 9.17) is 5.11 Å². The van der Waals surface area contributed by atoms with E-state index in [-0.39, 0.29) is 0 Å². The van der Waals surface area contributed by atoms with Crippen molar-refractivity contribution in [2.75, 3.05) is 6.54 Å². The lowest BCUT2D eigenvalue weighted by molar-refractivity contribution is -0.175. The maximum Gasteiger partial charge on any atom is 0.404 e. The second-order valence-electron chi connectivity index (χ2n) is 3.47. The number of carboxylic acids is 1. The number of alkyl halides is 3. The lowest BCUT2D eigenvalue weighted by Gasteiger charge is -2.33. The van der Waals surface area contributed by atoms with Gasteiger partial charge in [-0.15, -0.1) is 0 Å². The maximum atomic E-state index is 12.4. The van der Waals surface area contributed by atoms with Crippen molar-refractivity contribution in [1.29, 1.82) is 0 Å². The summed E-state index contributed by atoms with van der Waals surface area (Å²) in [5.41, 5.74) is 0. The monoisotopic (exact) mass is 211 g/mol. The van der Waals surface area contributed by atoms with E-state index in [9.17, 15) is 18.0 Å². The molecule has 0 amide bonds. The molecule has 0 aromatic heterocycles. The molecule has 0 aromatic rings. The summed E-state index contributed by atoms with van der Waals surface area (Å²) in [5, 5.41) is 10.8. The molecule has 82 valence electrons. The van der Waals surface area contributed by atoms with E-state index in [1.807, 2.05) is 0 Å². The van der Waals surface area contributed by atoms with Gasteiger partial charge >= 0.3 is 12.1 Å². The second-order valence-corrected chi connectivity index (χ2v) is 3.47. The van der Waals surface area contributed by atoms with Gasteiger partial charge in [0.25, 0.3) is 0 Å². The Morgan fingerprint density at radius 2 is 2.14 bits per heavy atom. The van der Waals surface area contributed by atoms with Gasteiger partial charge in [-0.2, -0.15) is 13.2 Å². The zero-order chi connectivity index (χ0) is 10.8. The van der Waals surface area contributed by atoms with E-state index < -0.39 is 30.5 Å². The number of carboxylic acid groups (broad SMARTS) is 1. The molecule has 1 aliphatic rings. The SMILES string of the molecule is O=C(O)C[C@@H]1CCCN[C@@H]1C(F)(F)F. The van der Waals surface area contributed by atoms with Gasteiger partial charge in [0.15, 0.2) is 0 Å². The predicted octanol–water partition coefficient (Wildman–Crippen LogP) is 1.39. The summed E-state index contributed by atoms with van der Waals surface area (Å²) in [6, 6.07) is -1.66. The molecule has 1 aliphatic heterocycles. The molecule has 1 fully saturated rings. The molecule has 1 heterocycles. The molecule has 1 saturated heterocycles. The summed E-state index contributed by atoms with van der Waals surface area (Å²) in [6.45, 7) is 0.306. The normalized spacial score (nSPS) is 28.8. The van der Waals surface area contributed by atoms with Gasteiger partial charge in [-0.05, 0) is 25.3 Å². The van der Waals surface area contributed by atoms with Crippen LogP contribution in [0.5, 0.6) is 0 Å². The quantitative estimate of drug-likeness (QED) is 0.725. The first-order valence-electron chi connectivity index (χ1n) is 4.43. The zero-order valence-corrected chi connectivity index (χ0v) is 7.47. The lowest BCUT2D eigenvalue weighted by atomic mass is 9.88. The molecule has 2 N–H and O–H groups in total. The number of hydrogen-bond donors (Lipinski definition) is 2. The fourth-order valence-corrected chi connectivity index (χ4v) is 1.78. The number of hydrogen-bond acceptors (Lipinski definition) is 2. The summed E-state index contributed by atoms with van der Waals surface area (Å²) in [7, 11) is 0. The minimum atomic E-state index is -4.35. The molecule has 14 heavy (non-hydrogen) atoms. The van der Waals surface area contributed by atoms with E-state index in [2.05, 4.69) is 5.32 Å². The van der Waals surface area contributed by atoms with E-state index in [0.717, 1.165) is 0 Å². The van der Waals surface area contributed by atoms with E-state index in [1.165, 1.54) is 0 Å². The Bertz CT molecular complexity index is 217. The van der Waals surface area contributed by atoms with Crippen molar-refractivity contribution in [2.24, 2.45) is 5.92 Å². The fraction of sp³-hybridized carbons (Fsp3) is 0.875. The molecular formula is C8H12F3NO2. The van der Waals surface area contributed by atoms with Gasteiger partial charge in [0.1, 0.15) is 6.04 Å². The van der Waals surface area contributed by atoms with Gasteiger partial charge in [-0.25, -0.2) is 0 Å². The second kappa shape index (κ2) is 4.16. The molecule has 0 unspecified atom stereocenters. The van der Waals surface area contributed by atoms with Crippen molar-refractivity contribution in [2.45, 2.75) is 31.5 Å². The van der Waals surface area contributed by atoms with Crippen LogP contribution in [0.1, 0.15) is 19.3 Å². The van der Waals surface area contributed by atoms with Crippen LogP contribution in [0.4, 0.5) is 13.2 Å². The summed E-state index contributed by atoms with van der Waals surface area (Å²) in [6.07, 6.45) is -3.84. The molecule has 6 heteroatoms. The number of nitrogens with one attached hydrogen (secondary N) is 1. The molecule has 0 saturated carbocycles. The van der Waals surface area contributed by atoms with Crippen molar-refractivity contribution < 1.29 is 23.1 Å². The van der Waals surface area contributed by atoms with Crippen LogP contribution in [0.2, 0.25) is 0 Å². The Morgan fingerprint density at radius 1 is 1.50 bits per heavy atom. The molecule has 0 bridgehead atoms. The van der Waals surface area contributed by atoms with Crippen LogP contribution in [0, 0.1) is 5.92 Å². The number of carbonyl (C=O) groups is 1. The highest BCUT2D eigenvalue weighted by molar-refractivity contribution is 5.67. The highest BCUT2D eigenvalue weighted by Gasteiger charge is 2.45. The van der Waals surface area contributed by atoms with Crippen LogP contribution < -0.4 is 5.32 Å². The smallest absolute Gasteiger partial charge is 0.404 e. The molecule has 0 aromatic carbocycles. The third-order valence-electron chi connectivity index (χ3n) is 2.38. The van der Waals surface area contributed by atoms with Gasteiger partial charge < -0.3 is 10.4 Å². The Kier molecular flexibility index (Phi) is 3.36. The average Bonchev–Trinajstić information content (AvgIpc) is 2.01. The molecule has 0 radical (unpaired) electrons. The van der Waals surface area contributed by atoms with Gasteiger partial charge in [0, 0.05) is 6.42 Å². The number of aliphatic carboxylic acids is 1. The third kappa shape index (κ3) is 2.87. The van der Waals surface area contributed by atoms with Crippen molar-refractivity contribution in [3.8, 4) is 0 Å². The first-order chi connectivity index (χ1) is 6.41. The van der Waals surface area contributed by atoms with Gasteiger partial charge in [0.05, 0.1) is 0 Å². The summed E-state index contributed by atoms with van der Waals surface area (Å²) < 4.78 is 37.2. The maximum absolute atomic E-state index is 12.4. The minimum absolute atomic E-state index is 0.306. The third-order valence-corrected chi connectivity index (χ3v) is 2.38. The topological polar surface area (TPSA) is 49.3 Å². The standard InChI is InChI=1S/C8H12F3NO2/c9-8(10,11)7-5(4-6(13)14)2-1-3-12-7/h5,7,12H,1-4H2,(H,13,14)/t5-,7-/m0/s1. The van der Waals surface area contributed by atoms with E-state index in [1.54, 1.807) is 0 Å². The molecular weight excluding hydrogens is 199 g/mol. The number of halogens is 3. The lowest BCUT2D eigenvalue weighted by Crippen LogP contribution is -2.51. The van der Waals surface area contributed by atoms with Crippen molar-refractivity contribution in [1.82, 2.24) is 5.32 Å². The number of rotatable bonds is 2. The summed E-state index contributed by atoms with van der Waals surface area (Å²) in [4.78, 5) is 10.3. The van der Waals surface area contributed by atoms with Crippen molar-refractivity contribution in [3.63, 3.8) is 0 Å². The van der Waals surface area contributed by atoms with Gasteiger partial charge in [0.2, 0.25) is 0 Å². The molecule has 0 spiro atoms. The van der Waals surface area contributed by atoms with Crippen LogP contribution in [-0.4, -0.2) is 29.8 Å². The van der Waals surface area contributed by atoms with Crippen LogP contribution >= 0.6 is 0 Å². The zero-order valence-electron chi connectivity index (χ0n) is 7.47. The predicted molar refractivity (Wildman–Crippen MR) is 42.8 cm³/mol. The average molecular weight is 211 g/mol. The Balaban J connectivity index is 2.64. The Hall–Kier alpha value is -0.780. The molecule has 1 rings (SSSR count). The van der Waals surface area contributed by atoms with Crippen LogP contribution in [0.3, 0.4) is 0 Å². The molecule has 3 nitrogen and oxygen atoms in total. The molecule has 0 aliphatic carbocycles. The Labute approximate surface area is 79.3 Å². The minimum Gasteiger partial charge on any atom is -0.481 e. The molecule has 2 atom stereocenters. The summed E-state index contributed by atoms with van der Waals surface area (Å²) in [5.74, 6) is -2.01. The van der Waals surface area contributed by atoms with E-state index >= 15 is 0 Å². The van der Waals surface area contributed by atoms with Crippen LogP contribution in [0.25, 0.3) is 0 Å². The highest BCUT2D eigenvalue weighted by Crippen LogP contribution is 2.32. The van der Waals surface area contributed by atoms with Crippen molar-refractivity contribution >= 4 is 5.97 Å². The highest BCUT2D eigenvalue weighted by atomic mass is 19.4. The van der Waals surface area contributed by atoms with Crippen LogP contribution in [0.15, 0.2) is 0 Å². The number of piperidine rings is 1. The first kappa shape index (κ1) is 11.3. The van der Waals surface area contributed by atoms with Crippen molar-refractivity contribution in [3.05, 3.63) is 0 Å². The van der Waals surface area contributed by atoms with Gasteiger partial charge in [-0.1, -0.05) is 0 Å². The summed E-state index contributed by atoms with van der Waals surface area (Å²) >= 11 is 0. The van der Waals surface area contributed by atoms with Crippen LogP contribution in [-0.2, 0) is 4.79 Å². The largest absolute Gasteiger partial charge is 0.481 e. The van der Waals surface area contributed by atoms with Gasteiger partial charge in [-0.3, -0.25) is 4.79 Å². The van der Waals surface area contributed by atoms with E-state index in [0.29, 0.717) is 19.4 Å². The Morgan fingerprint density at radius 3 is 2.64 bits per heavy atom. The first-order valence-corrected chi connectivity index (χ1v) is 4.43. The fourth-order valence-electron chi connectivity index (χ4n) is 1.78.